The smallest absolute Gasteiger partial charge is 0.163 e. The van der Waals surface area contributed by atoms with Crippen LogP contribution in [-0.2, 0) is 16.9 Å². The van der Waals surface area contributed by atoms with Gasteiger partial charge in [0, 0.05) is 30.3 Å². The molecule has 2 aromatic carbocycles. The third-order valence-electron chi connectivity index (χ3n) is 4.63. The molecule has 2 unspecified atom stereocenters. The molecule has 1 saturated heterocycles. The zero-order valence-electron chi connectivity index (χ0n) is 12.5. The summed E-state index contributed by atoms with van der Waals surface area (Å²) >= 11 is 0. The fourth-order valence-corrected chi connectivity index (χ4v) is 3.52. The number of rotatable bonds is 3. The number of aliphatic hydroxyl groups is 1. The van der Waals surface area contributed by atoms with Crippen molar-refractivity contribution < 1.29 is 14.6 Å². The molecule has 2 atom stereocenters. The highest BCUT2D eigenvalue weighted by atomic mass is 16.5. The van der Waals surface area contributed by atoms with Gasteiger partial charge in [-0.2, -0.15) is 0 Å². The predicted octanol–water partition coefficient (Wildman–Crippen LogP) is 2.65. The van der Waals surface area contributed by atoms with Gasteiger partial charge >= 0.3 is 0 Å². The zero-order valence-corrected chi connectivity index (χ0v) is 12.5. The van der Waals surface area contributed by atoms with Crippen LogP contribution in [0.1, 0.15) is 17.5 Å². The third-order valence-corrected chi connectivity index (χ3v) is 4.63. The quantitative estimate of drug-likeness (QED) is 0.946. The molecule has 1 N–H and O–H groups in total. The molecule has 0 aromatic heterocycles. The van der Waals surface area contributed by atoms with E-state index >= 15 is 0 Å². The first-order valence-electron chi connectivity index (χ1n) is 7.55. The van der Waals surface area contributed by atoms with E-state index in [0.29, 0.717) is 19.6 Å². The summed E-state index contributed by atoms with van der Waals surface area (Å²) in [7, 11) is 1.66. The van der Waals surface area contributed by atoms with Crippen molar-refractivity contribution >= 4 is 5.69 Å². The molecule has 0 spiro atoms. The molecule has 2 aliphatic rings. The molecular formula is C18H19NO3. The largest absolute Gasteiger partial charge is 0.497 e. The Bertz CT molecular complexity index is 688. The van der Waals surface area contributed by atoms with Crippen LogP contribution in [0.2, 0.25) is 0 Å². The summed E-state index contributed by atoms with van der Waals surface area (Å²) in [5.74, 6) is 0.792. The van der Waals surface area contributed by atoms with E-state index in [9.17, 15) is 5.11 Å². The van der Waals surface area contributed by atoms with Gasteiger partial charge in [-0.1, -0.05) is 36.4 Å². The Labute approximate surface area is 129 Å². The number of methoxy groups -OCH3 is 1. The van der Waals surface area contributed by atoms with Crippen molar-refractivity contribution in [3.8, 4) is 5.75 Å². The molecule has 2 aliphatic heterocycles. The maximum Gasteiger partial charge on any atom is 0.163 e. The summed E-state index contributed by atoms with van der Waals surface area (Å²) in [5, 5.41) is 11.1. The first-order valence-corrected chi connectivity index (χ1v) is 7.55. The first-order chi connectivity index (χ1) is 10.7. The molecule has 2 aromatic rings. The molecule has 0 saturated carbocycles. The van der Waals surface area contributed by atoms with Gasteiger partial charge in [0.15, 0.2) is 6.23 Å². The third kappa shape index (κ3) is 1.91. The normalized spacial score (nSPS) is 25.9. The molecule has 114 valence electrons. The monoisotopic (exact) mass is 297 g/mol. The van der Waals surface area contributed by atoms with Crippen molar-refractivity contribution in [3.63, 3.8) is 0 Å². The minimum absolute atomic E-state index is 0.324. The summed E-state index contributed by atoms with van der Waals surface area (Å²) < 4.78 is 11.2. The van der Waals surface area contributed by atoms with Gasteiger partial charge in [0.25, 0.3) is 0 Å². The molecule has 4 rings (SSSR count). The highest BCUT2D eigenvalue weighted by Crippen LogP contribution is 2.50. The number of ether oxygens (including phenoxy) is 2. The lowest BCUT2D eigenvalue weighted by Gasteiger charge is -2.29. The van der Waals surface area contributed by atoms with Gasteiger partial charge in [-0.05, 0) is 11.6 Å². The molecule has 22 heavy (non-hydrogen) atoms. The molecule has 4 heteroatoms. The molecule has 0 radical (unpaired) electrons. The zero-order chi connectivity index (χ0) is 15.2. The van der Waals surface area contributed by atoms with E-state index in [4.69, 9.17) is 9.47 Å². The Hall–Kier alpha value is -2.04. The molecule has 4 nitrogen and oxygen atoms in total. The van der Waals surface area contributed by atoms with E-state index in [1.165, 1.54) is 5.56 Å². The standard InChI is InChI=1S/C18H19NO3/c1-21-14-7-8-15-16(11-14)19(12-13-5-3-2-4-6-13)17-18(15,20)9-10-22-17/h2-8,11,17,20H,9-10,12H2,1H3. The van der Waals surface area contributed by atoms with Crippen molar-refractivity contribution in [1.29, 1.82) is 0 Å². The van der Waals surface area contributed by atoms with Crippen LogP contribution in [-0.4, -0.2) is 25.1 Å². The number of nitrogens with zero attached hydrogens (tertiary/aromatic N) is 1. The number of fused-ring (bicyclic) bond motifs is 3. The second-order valence-electron chi connectivity index (χ2n) is 5.89. The summed E-state index contributed by atoms with van der Waals surface area (Å²) in [5.41, 5.74) is 2.20. The van der Waals surface area contributed by atoms with Crippen molar-refractivity contribution in [2.75, 3.05) is 18.6 Å². The molecule has 2 heterocycles. The summed E-state index contributed by atoms with van der Waals surface area (Å²) in [6, 6.07) is 16.1. The Morgan fingerprint density at radius 3 is 2.86 bits per heavy atom. The summed E-state index contributed by atoms with van der Waals surface area (Å²) in [6.07, 6.45) is 0.303. The number of hydrogen-bond acceptors (Lipinski definition) is 4. The van der Waals surface area contributed by atoms with Gasteiger partial charge in [0.1, 0.15) is 11.4 Å². The highest BCUT2D eigenvalue weighted by Gasteiger charge is 2.54. The lowest BCUT2D eigenvalue weighted by Crippen LogP contribution is -2.41. The molecular weight excluding hydrogens is 278 g/mol. The van der Waals surface area contributed by atoms with E-state index in [2.05, 4.69) is 17.0 Å². The van der Waals surface area contributed by atoms with Gasteiger partial charge in [0.2, 0.25) is 0 Å². The van der Waals surface area contributed by atoms with Gasteiger partial charge in [-0.15, -0.1) is 0 Å². The second-order valence-corrected chi connectivity index (χ2v) is 5.89. The van der Waals surface area contributed by atoms with Crippen LogP contribution < -0.4 is 9.64 Å². The van der Waals surface area contributed by atoms with Crippen LogP contribution >= 0.6 is 0 Å². The number of hydrogen-bond donors (Lipinski definition) is 1. The Balaban J connectivity index is 1.78. The van der Waals surface area contributed by atoms with Crippen molar-refractivity contribution in [1.82, 2.24) is 0 Å². The number of anilines is 1. The maximum absolute atomic E-state index is 11.1. The number of benzene rings is 2. The highest BCUT2D eigenvalue weighted by molar-refractivity contribution is 5.65. The van der Waals surface area contributed by atoms with Crippen molar-refractivity contribution in [2.24, 2.45) is 0 Å². The van der Waals surface area contributed by atoms with Crippen molar-refractivity contribution in [2.45, 2.75) is 24.8 Å². The molecule has 1 fully saturated rings. The van der Waals surface area contributed by atoms with Crippen molar-refractivity contribution in [3.05, 3.63) is 59.7 Å². The molecule has 0 bridgehead atoms. The van der Waals surface area contributed by atoms with Gasteiger partial charge in [-0.3, -0.25) is 0 Å². The van der Waals surface area contributed by atoms with E-state index in [1.54, 1.807) is 7.11 Å². The topological polar surface area (TPSA) is 41.9 Å². The lowest BCUT2D eigenvalue weighted by molar-refractivity contribution is -0.0313. The molecule has 0 aliphatic carbocycles. The summed E-state index contributed by atoms with van der Waals surface area (Å²) in [4.78, 5) is 2.14. The van der Waals surface area contributed by atoms with Gasteiger partial charge in [0.05, 0.1) is 13.7 Å². The van der Waals surface area contributed by atoms with Gasteiger partial charge < -0.3 is 19.5 Å². The fourth-order valence-electron chi connectivity index (χ4n) is 3.52. The van der Waals surface area contributed by atoms with E-state index in [1.807, 2.05) is 36.4 Å². The minimum Gasteiger partial charge on any atom is -0.497 e. The van der Waals surface area contributed by atoms with Gasteiger partial charge in [-0.25, -0.2) is 0 Å². The first kappa shape index (κ1) is 13.6. The van der Waals surface area contributed by atoms with Crippen LogP contribution in [0.25, 0.3) is 0 Å². The average molecular weight is 297 g/mol. The van der Waals surface area contributed by atoms with Crippen LogP contribution in [0.15, 0.2) is 48.5 Å². The Morgan fingerprint density at radius 1 is 1.27 bits per heavy atom. The van der Waals surface area contributed by atoms with Crippen LogP contribution in [0, 0.1) is 0 Å². The predicted molar refractivity (Wildman–Crippen MR) is 83.9 cm³/mol. The Kier molecular flexibility index (Phi) is 3.10. The molecule has 0 amide bonds. The van der Waals surface area contributed by atoms with Crippen LogP contribution in [0.5, 0.6) is 5.75 Å². The summed E-state index contributed by atoms with van der Waals surface area (Å²) in [6.45, 7) is 1.28. The van der Waals surface area contributed by atoms with E-state index in [-0.39, 0.29) is 6.23 Å². The SMILES string of the molecule is COc1ccc2c(c1)N(Cc1ccccc1)C1OCCC21O. The lowest BCUT2D eigenvalue weighted by atomic mass is 9.93. The minimum atomic E-state index is -0.920. The maximum atomic E-state index is 11.1. The second kappa shape index (κ2) is 5.00. The van der Waals surface area contributed by atoms with E-state index < -0.39 is 5.60 Å². The van der Waals surface area contributed by atoms with E-state index in [0.717, 1.165) is 17.0 Å². The van der Waals surface area contributed by atoms with Crippen LogP contribution in [0.3, 0.4) is 0 Å². The average Bonchev–Trinajstić information content (AvgIpc) is 3.04. The fraction of sp³-hybridized carbons (Fsp3) is 0.333. The van der Waals surface area contributed by atoms with Crippen LogP contribution in [0.4, 0.5) is 5.69 Å². The Morgan fingerprint density at radius 2 is 2.09 bits per heavy atom.